The number of hydrogen-bond acceptors (Lipinski definition) is 3. The van der Waals surface area contributed by atoms with E-state index in [1.807, 2.05) is 38.4 Å². The molecule has 0 radical (unpaired) electrons. The number of primary amides is 1. The van der Waals surface area contributed by atoms with Gasteiger partial charge in [-0.25, -0.2) is 0 Å². The zero-order chi connectivity index (χ0) is 21.3. The monoisotopic (exact) mass is 398 g/mol. The van der Waals surface area contributed by atoms with Crippen LogP contribution < -0.4 is 11.1 Å². The van der Waals surface area contributed by atoms with Crippen LogP contribution in [0.5, 0.6) is 0 Å². The third kappa shape index (κ3) is 4.62. The van der Waals surface area contributed by atoms with Crippen LogP contribution in [0, 0.1) is 25.2 Å². The second-order valence-electron chi connectivity index (χ2n) is 9.69. The molecular weight excluding hydrogens is 364 g/mol. The maximum atomic E-state index is 13.2. The van der Waals surface area contributed by atoms with Gasteiger partial charge in [-0.3, -0.25) is 14.3 Å². The predicted octanol–water partition coefficient (Wildman–Crippen LogP) is 3.86. The minimum Gasteiger partial charge on any atom is -0.368 e. The molecule has 1 aliphatic rings. The normalized spacial score (nSPS) is 16.7. The average Bonchev–Trinajstić information content (AvgIpc) is 2.97. The third-order valence-electron chi connectivity index (χ3n) is 5.98. The first-order chi connectivity index (χ1) is 13.6. The summed E-state index contributed by atoms with van der Waals surface area (Å²) in [5, 5.41) is 8.40. The maximum absolute atomic E-state index is 13.2. The van der Waals surface area contributed by atoms with E-state index in [-0.39, 0.29) is 5.91 Å². The Morgan fingerprint density at radius 3 is 2.45 bits per heavy atom. The van der Waals surface area contributed by atoms with Crippen LogP contribution in [0.4, 0.5) is 0 Å². The third-order valence-corrected chi connectivity index (χ3v) is 5.98. The number of aromatic nitrogens is 2. The quantitative estimate of drug-likeness (QED) is 0.801. The number of benzene rings is 1. The number of rotatable bonds is 5. The maximum Gasteiger partial charge on any atom is 0.273 e. The number of carbonyl (C=O) groups is 2. The Morgan fingerprint density at radius 1 is 1.21 bits per heavy atom. The highest BCUT2D eigenvalue weighted by atomic mass is 16.2. The highest BCUT2D eigenvalue weighted by molar-refractivity contribution is 6.07. The molecule has 2 amide bonds. The van der Waals surface area contributed by atoms with Gasteiger partial charge in [0, 0.05) is 11.9 Å². The lowest BCUT2D eigenvalue weighted by atomic mass is 9.86. The first kappa shape index (κ1) is 21.3. The molecule has 1 aromatic carbocycles. The van der Waals surface area contributed by atoms with E-state index < -0.39 is 17.4 Å². The zero-order valence-electron chi connectivity index (χ0n) is 18.3. The van der Waals surface area contributed by atoms with Crippen molar-refractivity contribution >= 4 is 22.7 Å². The molecule has 0 saturated heterocycles. The Kier molecular flexibility index (Phi) is 6.01. The molecule has 158 valence electrons. The summed E-state index contributed by atoms with van der Waals surface area (Å²) in [5.41, 5.74) is 8.67. The summed E-state index contributed by atoms with van der Waals surface area (Å²) >= 11 is 0. The standard InChI is InChI=1S/C23H34N4O2/c1-14-11-15(2)19-17(12-14)18(22(29)25-20(21(24)28)23(3,4)5)26-27(19)13-16-9-7-6-8-10-16/h11-12,16,20H,6-10,13H2,1-5H3,(H2,24,28)(H,25,29)/t20-/m1/s1. The molecule has 1 aromatic heterocycles. The van der Waals surface area contributed by atoms with Crippen molar-refractivity contribution < 1.29 is 9.59 Å². The second kappa shape index (κ2) is 8.17. The van der Waals surface area contributed by atoms with Crippen molar-refractivity contribution in [2.24, 2.45) is 17.1 Å². The van der Waals surface area contributed by atoms with E-state index >= 15 is 0 Å². The number of nitrogens with two attached hydrogens (primary N) is 1. The molecule has 0 bridgehead atoms. The summed E-state index contributed by atoms with van der Waals surface area (Å²) in [4.78, 5) is 25.1. The van der Waals surface area contributed by atoms with Crippen molar-refractivity contribution in [3.8, 4) is 0 Å². The Bertz CT molecular complexity index is 917. The van der Waals surface area contributed by atoms with Gasteiger partial charge in [0.2, 0.25) is 5.91 Å². The van der Waals surface area contributed by atoms with E-state index in [2.05, 4.69) is 18.3 Å². The van der Waals surface area contributed by atoms with Crippen LogP contribution in [-0.4, -0.2) is 27.6 Å². The lowest BCUT2D eigenvalue weighted by Gasteiger charge is -2.28. The predicted molar refractivity (Wildman–Crippen MR) is 116 cm³/mol. The van der Waals surface area contributed by atoms with Gasteiger partial charge in [0.05, 0.1) is 5.52 Å². The van der Waals surface area contributed by atoms with Gasteiger partial charge in [0.1, 0.15) is 6.04 Å². The molecule has 6 nitrogen and oxygen atoms in total. The van der Waals surface area contributed by atoms with Crippen LogP contribution in [0.3, 0.4) is 0 Å². The average molecular weight is 399 g/mol. The molecular formula is C23H34N4O2. The summed E-state index contributed by atoms with van der Waals surface area (Å²) in [5.74, 6) is -0.290. The van der Waals surface area contributed by atoms with Crippen LogP contribution >= 0.6 is 0 Å². The van der Waals surface area contributed by atoms with Crippen LogP contribution in [0.15, 0.2) is 12.1 Å². The fourth-order valence-electron chi connectivity index (χ4n) is 4.54. The molecule has 6 heteroatoms. The molecule has 0 unspecified atom stereocenters. The smallest absolute Gasteiger partial charge is 0.273 e. The molecule has 0 spiro atoms. The molecule has 3 N–H and O–H groups in total. The fourth-order valence-corrected chi connectivity index (χ4v) is 4.54. The van der Waals surface area contributed by atoms with Crippen molar-refractivity contribution in [2.45, 2.75) is 79.3 Å². The highest BCUT2D eigenvalue weighted by Crippen LogP contribution is 2.29. The minimum atomic E-state index is -0.764. The number of amides is 2. The van der Waals surface area contributed by atoms with E-state index in [4.69, 9.17) is 10.8 Å². The van der Waals surface area contributed by atoms with Gasteiger partial charge in [0.15, 0.2) is 5.69 Å². The molecule has 1 heterocycles. The molecule has 1 aliphatic carbocycles. The number of nitrogens with zero attached hydrogens (tertiary/aromatic N) is 2. The van der Waals surface area contributed by atoms with E-state index in [0.29, 0.717) is 11.6 Å². The lowest BCUT2D eigenvalue weighted by Crippen LogP contribution is -2.52. The van der Waals surface area contributed by atoms with Gasteiger partial charge in [-0.1, -0.05) is 51.7 Å². The Labute approximate surface area is 173 Å². The summed E-state index contributed by atoms with van der Waals surface area (Å²) in [7, 11) is 0. The van der Waals surface area contributed by atoms with Crippen LogP contribution in [0.2, 0.25) is 0 Å². The number of carbonyl (C=O) groups excluding carboxylic acids is 2. The van der Waals surface area contributed by atoms with Gasteiger partial charge in [-0.15, -0.1) is 0 Å². The lowest BCUT2D eigenvalue weighted by molar-refractivity contribution is -0.122. The number of aryl methyl sites for hydroxylation is 2. The number of nitrogens with one attached hydrogen (secondary N) is 1. The van der Waals surface area contributed by atoms with Crippen LogP contribution in [0.1, 0.15) is 74.5 Å². The van der Waals surface area contributed by atoms with E-state index in [9.17, 15) is 9.59 Å². The van der Waals surface area contributed by atoms with Crippen LogP contribution in [-0.2, 0) is 11.3 Å². The largest absolute Gasteiger partial charge is 0.368 e. The fraction of sp³-hybridized carbons (Fsp3) is 0.609. The van der Waals surface area contributed by atoms with Crippen molar-refractivity contribution in [2.75, 3.05) is 0 Å². The van der Waals surface area contributed by atoms with Crippen molar-refractivity contribution in [3.63, 3.8) is 0 Å². The van der Waals surface area contributed by atoms with Gasteiger partial charge >= 0.3 is 0 Å². The Morgan fingerprint density at radius 2 is 1.86 bits per heavy atom. The van der Waals surface area contributed by atoms with Crippen LogP contribution in [0.25, 0.3) is 10.9 Å². The summed E-state index contributed by atoms with van der Waals surface area (Å²) in [6.07, 6.45) is 6.26. The Balaban J connectivity index is 2.00. The van der Waals surface area contributed by atoms with Crippen molar-refractivity contribution in [1.82, 2.24) is 15.1 Å². The van der Waals surface area contributed by atoms with E-state index in [0.717, 1.165) is 28.6 Å². The van der Waals surface area contributed by atoms with Gasteiger partial charge in [-0.05, 0) is 49.7 Å². The first-order valence-electron chi connectivity index (χ1n) is 10.7. The highest BCUT2D eigenvalue weighted by Gasteiger charge is 2.33. The molecule has 1 atom stereocenters. The Hall–Kier alpha value is -2.37. The molecule has 3 rings (SSSR count). The van der Waals surface area contributed by atoms with E-state index in [1.54, 1.807) is 0 Å². The summed E-state index contributed by atoms with van der Waals surface area (Å²) < 4.78 is 2.01. The summed E-state index contributed by atoms with van der Waals surface area (Å²) in [6.45, 7) is 10.6. The van der Waals surface area contributed by atoms with Gasteiger partial charge in [-0.2, -0.15) is 5.10 Å². The van der Waals surface area contributed by atoms with E-state index in [1.165, 1.54) is 32.1 Å². The van der Waals surface area contributed by atoms with Gasteiger partial charge in [0.25, 0.3) is 5.91 Å². The molecule has 0 aliphatic heterocycles. The molecule has 1 saturated carbocycles. The SMILES string of the molecule is Cc1cc(C)c2c(c1)c(C(=O)N[C@H](C(N)=O)C(C)(C)C)nn2CC1CCCCC1. The molecule has 2 aromatic rings. The number of hydrogen-bond donors (Lipinski definition) is 2. The van der Waals surface area contributed by atoms with Crippen molar-refractivity contribution in [3.05, 3.63) is 29.0 Å². The summed E-state index contributed by atoms with van der Waals surface area (Å²) in [6, 6.07) is 3.38. The first-order valence-corrected chi connectivity index (χ1v) is 10.7. The number of fused-ring (bicyclic) bond motifs is 1. The van der Waals surface area contributed by atoms with Gasteiger partial charge < -0.3 is 11.1 Å². The van der Waals surface area contributed by atoms with Crippen molar-refractivity contribution in [1.29, 1.82) is 0 Å². The topological polar surface area (TPSA) is 90.0 Å². The second-order valence-corrected chi connectivity index (χ2v) is 9.69. The molecule has 1 fully saturated rings. The molecule has 29 heavy (non-hydrogen) atoms. The minimum absolute atomic E-state index is 0.346. The zero-order valence-corrected chi connectivity index (χ0v) is 18.3.